The fourth-order valence-electron chi connectivity index (χ4n) is 1.72. The SMILES string of the molecule is C=C/C1=C(\C=C)C(=O)Nc2ccccc2C(=O)N1.[HH].[HH]. The van der Waals surface area contributed by atoms with Crippen molar-refractivity contribution in [2.45, 2.75) is 0 Å². The average molecular weight is 244 g/mol. The summed E-state index contributed by atoms with van der Waals surface area (Å²) in [4.78, 5) is 24.0. The van der Waals surface area contributed by atoms with Crippen molar-refractivity contribution in [3.05, 3.63) is 66.4 Å². The normalized spacial score (nSPS) is 18.9. The van der Waals surface area contributed by atoms with Gasteiger partial charge in [-0.15, -0.1) is 0 Å². The standard InChI is InChI=1S/C14H12N2O2.2H2/c1-3-9-11(4-2)15-14(18)10-7-5-6-8-12(10)16-13(9)17;;/h3-8H,1-2H2,(H,15,18)(H,16,17);2*1H. The van der Waals surface area contributed by atoms with Crippen LogP contribution in [0.1, 0.15) is 13.2 Å². The summed E-state index contributed by atoms with van der Waals surface area (Å²) >= 11 is 0. The molecule has 1 aromatic rings. The van der Waals surface area contributed by atoms with Crippen molar-refractivity contribution in [2.75, 3.05) is 5.32 Å². The first-order valence-corrected chi connectivity index (χ1v) is 5.38. The first kappa shape index (κ1) is 11.9. The minimum absolute atomic E-state index is 0. The van der Waals surface area contributed by atoms with Crippen LogP contribution in [0.25, 0.3) is 0 Å². The number of carbonyl (C=O) groups excluding carboxylic acids is 2. The second kappa shape index (κ2) is 4.71. The molecule has 0 unspecified atom stereocenters. The van der Waals surface area contributed by atoms with Gasteiger partial charge in [0.05, 0.1) is 22.5 Å². The molecule has 1 aliphatic rings. The van der Waals surface area contributed by atoms with Gasteiger partial charge in [-0.25, -0.2) is 0 Å². The van der Waals surface area contributed by atoms with Crippen LogP contribution in [0.15, 0.2) is 60.8 Å². The molecule has 1 heterocycles. The van der Waals surface area contributed by atoms with E-state index in [0.29, 0.717) is 16.9 Å². The van der Waals surface area contributed by atoms with Gasteiger partial charge in [-0.1, -0.05) is 31.4 Å². The molecule has 2 amide bonds. The quantitative estimate of drug-likeness (QED) is 0.839. The monoisotopic (exact) mass is 244 g/mol. The molecule has 0 saturated heterocycles. The second-order valence-electron chi connectivity index (χ2n) is 3.69. The molecule has 1 aromatic carbocycles. The van der Waals surface area contributed by atoms with Gasteiger partial charge in [-0.05, 0) is 18.2 Å². The molecule has 4 nitrogen and oxygen atoms in total. The molecule has 18 heavy (non-hydrogen) atoms. The molecule has 2 rings (SSSR count). The van der Waals surface area contributed by atoms with Crippen LogP contribution in [-0.2, 0) is 4.79 Å². The van der Waals surface area contributed by atoms with E-state index in [9.17, 15) is 9.59 Å². The zero-order valence-corrected chi connectivity index (χ0v) is 9.69. The highest BCUT2D eigenvalue weighted by molar-refractivity contribution is 6.12. The number of rotatable bonds is 2. The van der Waals surface area contributed by atoms with Gasteiger partial charge in [0, 0.05) is 2.85 Å². The molecule has 1 aliphatic heterocycles. The van der Waals surface area contributed by atoms with E-state index < -0.39 is 0 Å². The van der Waals surface area contributed by atoms with E-state index >= 15 is 0 Å². The Bertz CT molecular complexity index is 595. The Hall–Kier alpha value is -2.62. The molecular weight excluding hydrogens is 228 g/mol. The van der Waals surface area contributed by atoms with Crippen LogP contribution in [0.3, 0.4) is 0 Å². The van der Waals surface area contributed by atoms with Gasteiger partial charge < -0.3 is 10.6 Å². The highest BCUT2D eigenvalue weighted by atomic mass is 16.2. The van der Waals surface area contributed by atoms with Crippen LogP contribution in [-0.4, -0.2) is 11.8 Å². The number of carbonyl (C=O) groups is 2. The van der Waals surface area contributed by atoms with E-state index in [0.717, 1.165) is 0 Å². The molecule has 0 aromatic heterocycles. The van der Waals surface area contributed by atoms with Crippen LogP contribution in [0, 0.1) is 0 Å². The predicted octanol–water partition coefficient (Wildman–Crippen LogP) is 2.49. The fourth-order valence-corrected chi connectivity index (χ4v) is 1.72. The van der Waals surface area contributed by atoms with Gasteiger partial charge in [0.15, 0.2) is 0 Å². The van der Waals surface area contributed by atoms with Gasteiger partial charge in [-0.2, -0.15) is 0 Å². The zero-order chi connectivity index (χ0) is 13.1. The third-order valence-corrected chi connectivity index (χ3v) is 2.61. The lowest BCUT2D eigenvalue weighted by molar-refractivity contribution is -0.112. The number of amides is 2. The van der Waals surface area contributed by atoms with Gasteiger partial charge in [0.1, 0.15) is 0 Å². The molecule has 0 spiro atoms. The summed E-state index contributed by atoms with van der Waals surface area (Å²) in [6, 6.07) is 6.80. The van der Waals surface area contributed by atoms with E-state index in [2.05, 4.69) is 23.8 Å². The van der Waals surface area contributed by atoms with Gasteiger partial charge in [0.2, 0.25) is 0 Å². The van der Waals surface area contributed by atoms with Crippen molar-refractivity contribution < 1.29 is 12.4 Å². The van der Waals surface area contributed by atoms with Crippen LogP contribution in [0.2, 0.25) is 0 Å². The van der Waals surface area contributed by atoms with Crippen molar-refractivity contribution in [1.82, 2.24) is 5.32 Å². The van der Waals surface area contributed by atoms with E-state index in [1.165, 1.54) is 12.2 Å². The number of hydrogen-bond donors (Lipinski definition) is 2. The van der Waals surface area contributed by atoms with Crippen molar-refractivity contribution in [3.63, 3.8) is 0 Å². The molecule has 0 saturated carbocycles. The Kier molecular flexibility index (Phi) is 3.10. The maximum Gasteiger partial charge on any atom is 0.257 e. The number of benzene rings is 1. The van der Waals surface area contributed by atoms with Crippen molar-refractivity contribution in [2.24, 2.45) is 0 Å². The van der Waals surface area contributed by atoms with Crippen LogP contribution in [0.4, 0.5) is 5.69 Å². The molecule has 0 aliphatic carbocycles. The fraction of sp³-hybridized carbons (Fsp3) is 0. The molecule has 0 bridgehead atoms. The number of hydrogen-bond acceptors (Lipinski definition) is 2. The predicted molar refractivity (Wildman–Crippen MR) is 74.2 cm³/mol. The Labute approximate surface area is 108 Å². The van der Waals surface area contributed by atoms with Crippen molar-refractivity contribution >= 4 is 17.5 Å². The number of para-hydroxylation sites is 1. The minimum Gasteiger partial charge on any atom is -0.321 e. The molecule has 2 N–H and O–H groups in total. The summed E-state index contributed by atoms with van der Waals surface area (Å²) in [5.41, 5.74) is 1.52. The maximum atomic E-state index is 12.0. The highest BCUT2D eigenvalue weighted by Gasteiger charge is 2.20. The summed E-state index contributed by atoms with van der Waals surface area (Å²) in [5.74, 6) is -0.618. The van der Waals surface area contributed by atoms with Gasteiger partial charge in [0.25, 0.3) is 11.8 Å². The third kappa shape index (κ3) is 1.96. The lowest BCUT2D eigenvalue weighted by Gasteiger charge is -2.17. The topological polar surface area (TPSA) is 58.2 Å². The van der Waals surface area contributed by atoms with Gasteiger partial charge in [-0.3, -0.25) is 9.59 Å². The summed E-state index contributed by atoms with van der Waals surface area (Å²) in [6.07, 6.45) is 2.81. The van der Waals surface area contributed by atoms with Gasteiger partial charge >= 0.3 is 0 Å². The molecule has 0 fully saturated rings. The van der Waals surface area contributed by atoms with E-state index in [4.69, 9.17) is 0 Å². The molecule has 0 radical (unpaired) electrons. The molecular formula is C14H16N2O2. The summed E-state index contributed by atoms with van der Waals surface area (Å²) in [5, 5.41) is 5.33. The van der Waals surface area contributed by atoms with Crippen LogP contribution >= 0.6 is 0 Å². The molecule has 94 valence electrons. The smallest absolute Gasteiger partial charge is 0.257 e. The van der Waals surface area contributed by atoms with E-state index in [1.54, 1.807) is 24.3 Å². The minimum atomic E-state index is -0.327. The lowest BCUT2D eigenvalue weighted by Crippen LogP contribution is -2.30. The third-order valence-electron chi connectivity index (χ3n) is 2.61. The number of nitrogens with one attached hydrogen (secondary N) is 2. The first-order valence-electron chi connectivity index (χ1n) is 5.38. The Balaban J connectivity index is 0.00000180. The summed E-state index contributed by atoms with van der Waals surface area (Å²) in [7, 11) is 0. The van der Waals surface area contributed by atoms with E-state index in [1.807, 2.05) is 0 Å². The second-order valence-corrected chi connectivity index (χ2v) is 3.69. The zero-order valence-electron chi connectivity index (χ0n) is 9.69. The Morgan fingerprint density at radius 2 is 1.72 bits per heavy atom. The number of allylic oxidation sites excluding steroid dienone is 1. The first-order chi connectivity index (χ1) is 8.67. The summed E-state index contributed by atoms with van der Waals surface area (Å²) in [6.45, 7) is 7.15. The molecule has 0 atom stereocenters. The van der Waals surface area contributed by atoms with E-state index in [-0.39, 0.29) is 20.2 Å². The largest absolute Gasteiger partial charge is 0.321 e. The number of fused-ring (bicyclic) bond motifs is 1. The van der Waals surface area contributed by atoms with Crippen LogP contribution in [0.5, 0.6) is 0 Å². The Morgan fingerprint density at radius 3 is 2.39 bits per heavy atom. The summed E-state index contributed by atoms with van der Waals surface area (Å²) < 4.78 is 0. The van der Waals surface area contributed by atoms with Crippen molar-refractivity contribution in [3.8, 4) is 0 Å². The average Bonchev–Trinajstić information content (AvgIpc) is 2.37. The van der Waals surface area contributed by atoms with Crippen molar-refractivity contribution in [1.29, 1.82) is 0 Å². The maximum absolute atomic E-state index is 12.0. The number of anilines is 1. The highest BCUT2D eigenvalue weighted by Crippen LogP contribution is 2.20. The molecule has 4 heteroatoms. The van der Waals surface area contributed by atoms with Crippen LogP contribution < -0.4 is 10.6 Å². The Morgan fingerprint density at radius 1 is 1.00 bits per heavy atom. The lowest BCUT2D eigenvalue weighted by atomic mass is 10.1.